The molecule has 104 valence electrons. The van der Waals surface area contributed by atoms with Gasteiger partial charge >= 0.3 is 6.18 Å². The van der Waals surface area contributed by atoms with Crippen LogP contribution in [0.25, 0.3) is 0 Å². The number of carbonyl (C=O) groups is 1. The molecule has 3 nitrogen and oxygen atoms in total. The molecule has 1 aliphatic carbocycles. The molecule has 1 amide bonds. The summed E-state index contributed by atoms with van der Waals surface area (Å²) in [6.07, 6.45) is -1.84. The highest BCUT2D eigenvalue weighted by Gasteiger charge is 2.34. The van der Waals surface area contributed by atoms with Gasteiger partial charge in [-0.25, -0.2) is 0 Å². The van der Waals surface area contributed by atoms with Gasteiger partial charge in [-0.3, -0.25) is 9.78 Å². The van der Waals surface area contributed by atoms with E-state index in [4.69, 9.17) is 0 Å². The summed E-state index contributed by atoms with van der Waals surface area (Å²) in [5.41, 5.74) is -0.789. The van der Waals surface area contributed by atoms with E-state index in [1.165, 1.54) is 0 Å². The summed E-state index contributed by atoms with van der Waals surface area (Å²) in [6, 6.07) is 2.22. The second kappa shape index (κ2) is 5.48. The molecule has 1 aromatic heterocycles. The third kappa shape index (κ3) is 3.46. The molecule has 0 radical (unpaired) electrons. The molecule has 0 aliphatic heterocycles. The Labute approximate surface area is 116 Å². The highest BCUT2D eigenvalue weighted by atomic mass is 79.9. The maximum atomic E-state index is 12.4. The lowest BCUT2D eigenvalue weighted by Crippen LogP contribution is -2.35. The number of alkyl halides is 4. The molecule has 0 atom stereocenters. The number of rotatable bonds is 4. The van der Waals surface area contributed by atoms with Crippen LogP contribution in [0.4, 0.5) is 13.2 Å². The molecule has 1 aliphatic rings. The fourth-order valence-electron chi connectivity index (χ4n) is 1.76. The molecule has 1 heterocycles. The van der Waals surface area contributed by atoms with Gasteiger partial charge in [0.1, 0.15) is 5.69 Å². The van der Waals surface area contributed by atoms with Crippen molar-refractivity contribution in [3.8, 4) is 0 Å². The summed E-state index contributed by atoms with van der Waals surface area (Å²) in [5, 5.41) is 0.635. The average Bonchev–Trinajstić information content (AvgIpc) is 3.18. The van der Waals surface area contributed by atoms with Crippen molar-refractivity contribution in [2.24, 2.45) is 0 Å². The molecule has 1 saturated carbocycles. The van der Waals surface area contributed by atoms with Crippen molar-refractivity contribution in [3.63, 3.8) is 0 Å². The predicted octanol–water partition coefficient (Wildman–Crippen LogP) is 3.10. The van der Waals surface area contributed by atoms with Crippen LogP contribution in [0.15, 0.2) is 18.3 Å². The van der Waals surface area contributed by atoms with Crippen molar-refractivity contribution >= 4 is 21.8 Å². The Kier molecular flexibility index (Phi) is 4.13. The second-order valence-electron chi connectivity index (χ2n) is 4.35. The molecule has 0 N–H and O–H groups in total. The summed E-state index contributed by atoms with van der Waals surface area (Å²) < 4.78 is 37.2. The Balaban J connectivity index is 2.14. The van der Waals surface area contributed by atoms with Gasteiger partial charge in [0.25, 0.3) is 5.91 Å². The van der Waals surface area contributed by atoms with Gasteiger partial charge in [0.2, 0.25) is 0 Å². The van der Waals surface area contributed by atoms with Gasteiger partial charge in [0, 0.05) is 24.1 Å². The van der Waals surface area contributed by atoms with Crippen molar-refractivity contribution in [3.05, 3.63) is 29.6 Å². The number of carbonyl (C=O) groups excluding carboxylic acids is 1. The van der Waals surface area contributed by atoms with E-state index < -0.39 is 11.7 Å². The van der Waals surface area contributed by atoms with Gasteiger partial charge in [-0.1, -0.05) is 15.9 Å². The summed E-state index contributed by atoms with van der Waals surface area (Å²) in [6.45, 7) is 0.534. The SMILES string of the molecule is O=C(c1ccc(C(F)(F)F)cn1)N(CCBr)C1CC1. The number of halogens is 4. The topological polar surface area (TPSA) is 33.2 Å². The van der Waals surface area contributed by atoms with E-state index in [0.717, 1.165) is 25.0 Å². The van der Waals surface area contributed by atoms with Gasteiger partial charge in [-0.05, 0) is 25.0 Å². The van der Waals surface area contributed by atoms with Crippen LogP contribution in [0.2, 0.25) is 0 Å². The summed E-state index contributed by atoms with van der Waals surface area (Å²) >= 11 is 3.26. The molecule has 7 heteroatoms. The average molecular weight is 337 g/mol. The minimum Gasteiger partial charge on any atom is -0.333 e. The standard InChI is InChI=1S/C12H12BrF3N2O/c13-5-6-18(9-2-3-9)11(19)10-4-1-8(7-17-10)12(14,15)16/h1,4,7,9H,2-3,5-6H2. The van der Waals surface area contributed by atoms with Crippen molar-refractivity contribution < 1.29 is 18.0 Å². The van der Waals surface area contributed by atoms with E-state index in [0.29, 0.717) is 18.1 Å². The fourth-order valence-corrected chi connectivity index (χ4v) is 2.14. The lowest BCUT2D eigenvalue weighted by atomic mass is 10.2. The number of hydrogen-bond donors (Lipinski definition) is 0. The van der Waals surface area contributed by atoms with Crippen LogP contribution in [0.3, 0.4) is 0 Å². The molecule has 2 rings (SSSR count). The van der Waals surface area contributed by atoms with Crippen LogP contribution in [-0.4, -0.2) is 33.7 Å². The van der Waals surface area contributed by atoms with Crippen LogP contribution < -0.4 is 0 Å². The first-order valence-electron chi connectivity index (χ1n) is 5.83. The zero-order valence-electron chi connectivity index (χ0n) is 9.95. The minimum absolute atomic E-state index is 0.0563. The van der Waals surface area contributed by atoms with Crippen LogP contribution in [0.5, 0.6) is 0 Å². The first kappa shape index (κ1) is 14.3. The Bertz CT molecular complexity index is 457. The van der Waals surface area contributed by atoms with Gasteiger partial charge in [0.15, 0.2) is 0 Å². The lowest BCUT2D eigenvalue weighted by molar-refractivity contribution is -0.137. The molecule has 0 unspecified atom stereocenters. The Morgan fingerprint density at radius 1 is 1.42 bits per heavy atom. The minimum atomic E-state index is -4.43. The normalized spacial score (nSPS) is 15.4. The summed E-state index contributed by atoms with van der Waals surface area (Å²) in [7, 11) is 0. The summed E-state index contributed by atoms with van der Waals surface area (Å²) in [4.78, 5) is 17.4. The molecule has 0 bridgehead atoms. The Morgan fingerprint density at radius 2 is 2.11 bits per heavy atom. The van der Waals surface area contributed by atoms with Crippen molar-refractivity contribution in [1.82, 2.24) is 9.88 Å². The quantitative estimate of drug-likeness (QED) is 0.791. The van der Waals surface area contributed by atoms with Crippen LogP contribution >= 0.6 is 15.9 Å². The maximum absolute atomic E-state index is 12.4. The number of hydrogen-bond acceptors (Lipinski definition) is 2. The number of aromatic nitrogens is 1. The highest BCUT2D eigenvalue weighted by molar-refractivity contribution is 9.09. The smallest absolute Gasteiger partial charge is 0.333 e. The molecule has 0 saturated heterocycles. The molecule has 0 spiro atoms. The maximum Gasteiger partial charge on any atom is 0.417 e. The molecule has 1 aromatic rings. The fraction of sp³-hybridized carbons (Fsp3) is 0.500. The van der Waals surface area contributed by atoms with E-state index in [1.807, 2.05) is 0 Å². The highest BCUT2D eigenvalue weighted by Crippen LogP contribution is 2.30. The lowest BCUT2D eigenvalue weighted by Gasteiger charge is -2.20. The molecule has 1 fully saturated rings. The molecular formula is C12H12BrF3N2O. The molecular weight excluding hydrogens is 325 g/mol. The first-order chi connectivity index (χ1) is 8.93. The zero-order chi connectivity index (χ0) is 14.0. The van der Waals surface area contributed by atoms with E-state index in [9.17, 15) is 18.0 Å². The second-order valence-corrected chi connectivity index (χ2v) is 5.14. The number of amides is 1. The number of pyridine rings is 1. The summed E-state index contributed by atoms with van der Waals surface area (Å²) in [5.74, 6) is -0.310. The van der Waals surface area contributed by atoms with E-state index in [-0.39, 0.29) is 17.6 Å². The van der Waals surface area contributed by atoms with Crippen LogP contribution in [-0.2, 0) is 6.18 Å². The van der Waals surface area contributed by atoms with E-state index in [1.54, 1.807) is 4.90 Å². The van der Waals surface area contributed by atoms with Crippen molar-refractivity contribution in [1.29, 1.82) is 0 Å². The monoisotopic (exact) mass is 336 g/mol. The van der Waals surface area contributed by atoms with Crippen molar-refractivity contribution in [2.75, 3.05) is 11.9 Å². The van der Waals surface area contributed by atoms with E-state index >= 15 is 0 Å². The van der Waals surface area contributed by atoms with E-state index in [2.05, 4.69) is 20.9 Å². The largest absolute Gasteiger partial charge is 0.417 e. The first-order valence-corrected chi connectivity index (χ1v) is 6.96. The molecule has 19 heavy (non-hydrogen) atoms. The van der Waals surface area contributed by atoms with Gasteiger partial charge in [-0.15, -0.1) is 0 Å². The predicted molar refractivity (Wildman–Crippen MR) is 67.1 cm³/mol. The van der Waals surface area contributed by atoms with Crippen molar-refractivity contribution in [2.45, 2.75) is 25.1 Å². The Morgan fingerprint density at radius 3 is 2.53 bits per heavy atom. The number of nitrogens with zero attached hydrogens (tertiary/aromatic N) is 2. The van der Waals surface area contributed by atoms with Gasteiger partial charge in [-0.2, -0.15) is 13.2 Å². The van der Waals surface area contributed by atoms with Gasteiger partial charge < -0.3 is 4.90 Å². The molecule has 0 aromatic carbocycles. The van der Waals surface area contributed by atoms with Gasteiger partial charge in [0.05, 0.1) is 5.56 Å². The third-order valence-corrected chi connectivity index (χ3v) is 3.24. The Hall–Kier alpha value is -1.11. The van der Waals surface area contributed by atoms with Crippen LogP contribution in [0, 0.1) is 0 Å². The zero-order valence-corrected chi connectivity index (χ0v) is 11.5. The van der Waals surface area contributed by atoms with Crippen LogP contribution in [0.1, 0.15) is 28.9 Å². The third-order valence-electron chi connectivity index (χ3n) is 2.88.